The molecule has 1 unspecified atom stereocenters. The molecule has 0 spiro atoms. The molecule has 0 bridgehead atoms. The normalized spacial score (nSPS) is 13.0. The predicted molar refractivity (Wildman–Crippen MR) is 76.3 cm³/mol. The number of alkyl halides is 3. The van der Waals surface area contributed by atoms with Gasteiger partial charge in [-0.1, -0.05) is 39.7 Å². The molecule has 0 aliphatic heterocycles. The van der Waals surface area contributed by atoms with Crippen LogP contribution in [0.2, 0.25) is 5.02 Å². The first-order valence-electron chi connectivity index (χ1n) is 5.75. The van der Waals surface area contributed by atoms with Crippen LogP contribution < -0.4 is 4.74 Å². The number of ether oxygens (including phenoxy) is 1. The lowest BCUT2D eigenvalue weighted by molar-refractivity contribution is -0.274. The Balaban J connectivity index is 2.33. The Morgan fingerprint density at radius 3 is 2.52 bits per heavy atom. The highest BCUT2D eigenvalue weighted by molar-refractivity contribution is 9.10. The Morgan fingerprint density at radius 2 is 1.86 bits per heavy atom. The molecule has 0 saturated carbocycles. The van der Waals surface area contributed by atoms with Gasteiger partial charge < -0.3 is 9.84 Å². The van der Waals surface area contributed by atoms with Crippen molar-refractivity contribution >= 4 is 27.5 Å². The highest BCUT2D eigenvalue weighted by atomic mass is 79.9. The molecule has 0 aliphatic carbocycles. The van der Waals surface area contributed by atoms with Crippen molar-refractivity contribution in [3.63, 3.8) is 0 Å². The van der Waals surface area contributed by atoms with Crippen molar-refractivity contribution in [3.8, 4) is 5.75 Å². The van der Waals surface area contributed by atoms with Crippen molar-refractivity contribution in [2.45, 2.75) is 12.5 Å². The van der Waals surface area contributed by atoms with Gasteiger partial charge in [-0.3, -0.25) is 0 Å². The van der Waals surface area contributed by atoms with Gasteiger partial charge in [0.05, 0.1) is 0 Å². The van der Waals surface area contributed by atoms with Gasteiger partial charge in [-0.05, 0) is 35.9 Å². The van der Waals surface area contributed by atoms with Crippen LogP contribution in [-0.2, 0) is 0 Å². The van der Waals surface area contributed by atoms with Crippen molar-refractivity contribution in [3.05, 3.63) is 63.1 Å². The number of aliphatic hydroxyl groups excluding tert-OH is 1. The standard InChI is InChI=1S/C14H9BrClF3O2/c15-12-5-4-9(16)7-11(12)13(20)8-2-1-3-10(6-8)21-14(17,18)19/h1-7,13,20H. The van der Waals surface area contributed by atoms with Crippen LogP contribution in [0.4, 0.5) is 13.2 Å². The summed E-state index contributed by atoms with van der Waals surface area (Å²) in [5, 5.41) is 10.7. The van der Waals surface area contributed by atoms with Gasteiger partial charge in [0.15, 0.2) is 0 Å². The summed E-state index contributed by atoms with van der Waals surface area (Å²) in [6.07, 6.45) is -5.91. The fourth-order valence-corrected chi connectivity index (χ4v) is 2.43. The van der Waals surface area contributed by atoms with E-state index in [1.165, 1.54) is 18.2 Å². The average Bonchev–Trinajstić information content (AvgIpc) is 2.39. The molecule has 0 fully saturated rings. The number of benzene rings is 2. The van der Waals surface area contributed by atoms with E-state index in [0.29, 0.717) is 15.1 Å². The van der Waals surface area contributed by atoms with Gasteiger partial charge in [0.2, 0.25) is 0 Å². The molecule has 1 N–H and O–H groups in total. The predicted octanol–water partition coefficient (Wildman–Crippen LogP) is 5.08. The zero-order valence-electron chi connectivity index (χ0n) is 10.4. The highest BCUT2D eigenvalue weighted by Gasteiger charge is 2.31. The largest absolute Gasteiger partial charge is 0.573 e. The molecule has 2 aromatic rings. The van der Waals surface area contributed by atoms with Gasteiger partial charge in [-0.15, -0.1) is 13.2 Å². The van der Waals surface area contributed by atoms with E-state index in [0.717, 1.165) is 12.1 Å². The maximum atomic E-state index is 12.2. The molecule has 0 heterocycles. The third kappa shape index (κ3) is 4.36. The molecule has 0 radical (unpaired) electrons. The van der Waals surface area contributed by atoms with Gasteiger partial charge in [0, 0.05) is 15.1 Å². The van der Waals surface area contributed by atoms with E-state index in [2.05, 4.69) is 20.7 Å². The molecule has 0 saturated heterocycles. The fourth-order valence-electron chi connectivity index (χ4n) is 1.79. The van der Waals surface area contributed by atoms with Gasteiger partial charge in [-0.25, -0.2) is 0 Å². The Labute approximate surface area is 132 Å². The van der Waals surface area contributed by atoms with Gasteiger partial charge >= 0.3 is 6.36 Å². The molecule has 0 aromatic heterocycles. The molecule has 7 heteroatoms. The summed E-state index contributed by atoms with van der Waals surface area (Å²) in [5.74, 6) is -0.391. The lowest BCUT2D eigenvalue weighted by Gasteiger charge is -2.15. The van der Waals surface area contributed by atoms with Crippen LogP contribution in [0.15, 0.2) is 46.9 Å². The van der Waals surface area contributed by atoms with E-state index in [-0.39, 0.29) is 5.56 Å². The molecule has 1 atom stereocenters. The molecule has 2 rings (SSSR count). The maximum absolute atomic E-state index is 12.2. The van der Waals surface area contributed by atoms with E-state index >= 15 is 0 Å². The van der Waals surface area contributed by atoms with Crippen LogP contribution in [0.5, 0.6) is 5.75 Å². The number of rotatable bonds is 3. The number of hydrogen-bond acceptors (Lipinski definition) is 2. The second kappa shape index (κ2) is 6.25. The van der Waals surface area contributed by atoms with E-state index in [9.17, 15) is 18.3 Å². The molecule has 21 heavy (non-hydrogen) atoms. The first-order valence-corrected chi connectivity index (χ1v) is 6.92. The summed E-state index contributed by atoms with van der Waals surface area (Å²) in [6, 6.07) is 9.98. The molecule has 0 amide bonds. The summed E-state index contributed by atoms with van der Waals surface area (Å²) >= 11 is 9.13. The Bertz CT molecular complexity index is 646. The van der Waals surface area contributed by atoms with Crippen molar-refractivity contribution in [2.24, 2.45) is 0 Å². The lowest BCUT2D eigenvalue weighted by Crippen LogP contribution is -2.17. The van der Waals surface area contributed by atoms with E-state index < -0.39 is 18.2 Å². The summed E-state index contributed by atoms with van der Waals surface area (Å²) in [6.45, 7) is 0. The van der Waals surface area contributed by atoms with Gasteiger partial charge in [0.1, 0.15) is 11.9 Å². The second-order valence-electron chi connectivity index (χ2n) is 4.19. The lowest BCUT2D eigenvalue weighted by atomic mass is 10.0. The van der Waals surface area contributed by atoms with Crippen molar-refractivity contribution in [1.82, 2.24) is 0 Å². The van der Waals surface area contributed by atoms with Crippen LogP contribution in [0.1, 0.15) is 17.2 Å². The number of hydrogen-bond donors (Lipinski definition) is 1. The number of halogens is 5. The number of aliphatic hydroxyl groups is 1. The summed E-state index contributed by atoms with van der Waals surface area (Å²) in [4.78, 5) is 0. The SMILES string of the molecule is OC(c1cccc(OC(F)(F)F)c1)c1cc(Cl)ccc1Br. The molecule has 112 valence electrons. The quantitative estimate of drug-likeness (QED) is 0.803. The minimum absolute atomic E-state index is 0.264. The first-order chi connectivity index (χ1) is 9.76. The fraction of sp³-hybridized carbons (Fsp3) is 0.143. The molecule has 2 nitrogen and oxygen atoms in total. The van der Waals surface area contributed by atoms with Crippen LogP contribution in [0.25, 0.3) is 0 Å². The molecule has 2 aromatic carbocycles. The van der Waals surface area contributed by atoms with Crippen LogP contribution in [0.3, 0.4) is 0 Å². The third-order valence-electron chi connectivity index (χ3n) is 2.66. The van der Waals surface area contributed by atoms with Gasteiger partial charge in [-0.2, -0.15) is 0 Å². The van der Waals surface area contributed by atoms with Crippen molar-refractivity contribution in [1.29, 1.82) is 0 Å². The molecular formula is C14H9BrClF3O2. The minimum Gasteiger partial charge on any atom is -0.406 e. The monoisotopic (exact) mass is 380 g/mol. The van der Waals surface area contributed by atoms with Crippen LogP contribution >= 0.6 is 27.5 Å². The zero-order chi connectivity index (χ0) is 15.6. The average molecular weight is 382 g/mol. The topological polar surface area (TPSA) is 29.5 Å². The third-order valence-corrected chi connectivity index (χ3v) is 3.62. The van der Waals surface area contributed by atoms with Crippen LogP contribution in [-0.4, -0.2) is 11.5 Å². The van der Waals surface area contributed by atoms with E-state index in [4.69, 9.17) is 11.6 Å². The summed E-state index contributed by atoms with van der Waals surface area (Å²) < 4.78 is 41.0. The first kappa shape index (κ1) is 16.1. The maximum Gasteiger partial charge on any atom is 0.573 e. The Hall–Kier alpha value is -1.24. The minimum atomic E-state index is -4.78. The van der Waals surface area contributed by atoms with E-state index in [1.54, 1.807) is 12.1 Å². The second-order valence-corrected chi connectivity index (χ2v) is 5.48. The molecule has 0 aliphatic rings. The summed E-state index contributed by atoms with van der Waals surface area (Å²) in [7, 11) is 0. The Kier molecular flexibility index (Phi) is 4.81. The van der Waals surface area contributed by atoms with Gasteiger partial charge in [0.25, 0.3) is 0 Å². The summed E-state index contributed by atoms with van der Waals surface area (Å²) in [5.41, 5.74) is 0.714. The Morgan fingerprint density at radius 1 is 1.14 bits per heavy atom. The van der Waals surface area contributed by atoms with Crippen molar-refractivity contribution < 1.29 is 23.0 Å². The van der Waals surface area contributed by atoms with E-state index in [1.807, 2.05) is 0 Å². The smallest absolute Gasteiger partial charge is 0.406 e. The zero-order valence-corrected chi connectivity index (χ0v) is 12.7. The highest BCUT2D eigenvalue weighted by Crippen LogP contribution is 2.33. The van der Waals surface area contributed by atoms with Crippen LogP contribution in [0, 0.1) is 0 Å². The molecular weight excluding hydrogens is 373 g/mol. The van der Waals surface area contributed by atoms with Crippen molar-refractivity contribution in [2.75, 3.05) is 0 Å².